The first-order chi connectivity index (χ1) is 10.1. The van der Waals surface area contributed by atoms with Gasteiger partial charge in [-0.3, -0.25) is 4.79 Å². The molecule has 0 saturated heterocycles. The fourth-order valence-electron chi connectivity index (χ4n) is 2.69. The molecule has 0 heterocycles. The average Bonchev–Trinajstić information content (AvgIpc) is 2.15. The molecule has 0 amide bonds. The maximum absolute atomic E-state index is 13.1. The van der Waals surface area contributed by atoms with Gasteiger partial charge in [-0.15, -0.1) is 0 Å². The summed E-state index contributed by atoms with van der Waals surface area (Å²) in [6.07, 6.45) is -29.4. The third-order valence-electron chi connectivity index (χ3n) is 3.52. The second-order valence-corrected chi connectivity index (χ2v) is 5.01. The molecule has 144 valence electrons. The van der Waals surface area contributed by atoms with Crippen LogP contribution in [0.25, 0.3) is 0 Å². The molecule has 0 aliphatic heterocycles. The van der Waals surface area contributed by atoms with E-state index in [2.05, 4.69) is 0 Å². The smallest absolute Gasteiger partial charge is 0.415 e. The monoisotopic (exact) mass is 388 g/mol. The van der Waals surface area contributed by atoms with Gasteiger partial charge in [-0.2, -0.15) is 52.7 Å². The first kappa shape index (κ1) is 22.6. The molecule has 0 radical (unpaired) electrons. The van der Waals surface area contributed by atoms with Crippen molar-refractivity contribution in [2.45, 2.75) is 38.6 Å². The molecule has 2 nitrogen and oxygen atoms in total. The molecule has 0 aliphatic carbocycles. The van der Waals surface area contributed by atoms with E-state index in [1.54, 1.807) is 0 Å². The molecule has 14 heteroatoms. The molecule has 0 aromatic heterocycles. The Morgan fingerprint density at radius 1 is 0.667 bits per heavy atom. The highest BCUT2D eigenvalue weighted by Gasteiger charge is 2.96. The fourth-order valence-corrected chi connectivity index (χ4v) is 2.69. The average molecular weight is 388 g/mol. The molecule has 0 rings (SSSR count). The molecule has 0 aromatic carbocycles. The zero-order valence-corrected chi connectivity index (χ0v) is 11.5. The van der Waals surface area contributed by atoms with Gasteiger partial charge in [0.05, 0.1) is 0 Å². The Labute approximate surface area is 125 Å². The van der Waals surface area contributed by atoms with Crippen molar-refractivity contribution in [1.82, 2.24) is 0 Å². The molecular weight excluding hydrogens is 380 g/mol. The van der Waals surface area contributed by atoms with Gasteiger partial charge in [0.1, 0.15) is 0 Å². The number of carboxylic acids is 1. The number of rotatable bonds is 3. The van der Waals surface area contributed by atoms with E-state index in [0.717, 1.165) is 0 Å². The number of carboxylic acid groups (broad SMARTS) is 1. The number of halogens is 12. The Balaban J connectivity index is 7.73. The Kier molecular flexibility index (Phi) is 5.26. The summed E-state index contributed by atoms with van der Waals surface area (Å²) in [7, 11) is 0. The standard InChI is InChI=1S/C10H8F12O2/c1-3(2)5(7(11,12)13,8(14,15)16)6(4(23)24,9(17,18)19)10(20,21)22/h3H,1-2H3,(H,23,24). The summed E-state index contributed by atoms with van der Waals surface area (Å²) in [4.78, 5) is 10.7. The minimum atomic E-state index is -7.47. The van der Waals surface area contributed by atoms with Crippen molar-refractivity contribution in [3.63, 3.8) is 0 Å². The first-order valence-corrected chi connectivity index (χ1v) is 5.64. The van der Waals surface area contributed by atoms with Crippen LogP contribution in [0.15, 0.2) is 0 Å². The Bertz CT molecular complexity index is 450. The first-order valence-electron chi connectivity index (χ1n) is 5.64. The van der Waals surface area contributed by atoms with E-state index < -0.39 is 47.4 Å². The maximum atomic E-state index is 13.1. The van der Waals surface area contributed by atoms with Gasteiger partial charge >= 0.3 is 30.7 Å². The third kappa shape index (κ3) is 2.57. The van der Waals surface area contributed by atoms with Crippen LogP contribution >= 0.6 is 0 Å². The largest absolute Gasteiger partial charge is 0.480 e. The van der Waals surface area contributed by atoms with Crippen molar-refractivity contribution in [1.29, 1.82) is 0 Å². The Morgan fingerprint density at radius 3 is 0.958 bits per heavy atom. The van der Waals surface area contributed by atoms with Gasteiger partial charge in [0.25, 0.3) is 5.41 Å². The lowest BCUT2D eigenvalue weighted by Crippen LogP contribution is -2.75. The van der Waals surface area contributed by atoms with Gasteiger partial charge in [-0.1, -0.05) is 13.8 Å². The summed E-state index contributed by atoms with van der Waals surface area (Å²) in [6, 6.07) is 0. The minimum absolute atomic E-state index is 0.226. The van der Waals surface area contributed by atoms with E-state index >= 15 is 0 Å². The van der Waals surface area contributed by atoms with Crippen LogP contribution in [0.4, 0.5) is 52.7 Å². The van der Waals surface area contributed by atoms with E-state index in [1.807, 2.05) is 0 Å². The molecular formula is C10H8F12O2. The lowest BCUT2D eigenvalue weighted by Gasteiger charge is -2.51. The van der Waals surface area contributed by atoms with Crippen molar-refractivity contribution in [3.05, 3.63) is 0 Å². The van der Waals surface area contributed by atoms with Crippen LogP contribution < -0.4 is 0 Å². The van der Waals surface area contributed by atoms with Crippen LogP contribution in [0, 0.1) is 16.7 Å². The third-order valence-corrected chi connectivity index (χ3v) is 3.52. The predicted molar refractivity (Wildman–Crippen MR) is 51.6 cm³/mol. The molecule has 0 unspecified atom stereocenters. The number of hydrogen-bond donors (Lipinski definition) is 1. The van der Waals surface area contributed by atoms with Gasteiger partial charge in [0.2, 0.25) is 0 Å². The summed E-state index contributed by atoms with van der Waals surface area (Å²) in [5, 5.41) is 8.37. The minimum Gasteiger partial charge on any atom is -0.480 e. The van der Waals surface area contributed by atoms with Crippen molar-refractivity contribution in [2.75, 3.05) is 0 Å². The van der Waals surface area contributed by atoms with Crippen LogP contribution in [-0.2, 0) is 4.79 Å². The second kappa shape index (κ2) is 5.58. The van der Waals surface area contributed by atoms with Crippen LogP contribution in [-0.4, -0.2) is 35.8 Å². The zero-order chi connectivity index (χ0) is 20.2. The fraction of sp³-hybridized carbons (Fsp3) is 0.900. The van der Waals surface area contributed by atoms with Crippen LogP contribution in [0.3, 0.4) is 0 Å². The summed E-state index contributed by atoms with van der Waals surface area (Å²) in [5.41, 5.74) is -13.8. The van der Waals surface area contributed by atoms with Gasteiger partial charge < -0.3 is 5.11 Å². The van der Waals surface area contributed by atoms with Gasteiger partial charge in [-0.25, -0.2) is 0 Å². The second-order valence-electron chi connectivity index (χ2n) is 5.01. The van der Waals surface area contributed by atoms with Gasteiger partial charge in [0.15, 0.2) is 5.41 Å². The van der Waals surface area contributed by atoms with Gasteiger partial charge in [0, 0.05) is 0 Å². The molecule has 0 saturated carbocycles. The lowest BCUT2D eigenvalue weighted by molar-refractivity contribution is -0.469. The number of alkyl halides is 12. The molecule has 0 bridgehead atoms. The highest BCUT2D eigenvalue weighted by Crippen LogP contribution is 2.72. The summed E-state index contributed by atoms with van der Waals surface area (Å²) in [6.45, 7) is -0.452. The van der Waals surface area contributed by atoms with Crippen molar-refractivity contribution >= 4 is 5.97 Å². The van der Waals surface area contributed by atoms with Crippen LogP contribution in [0.1, 0.15) is 13.8 Å². The molecule has 0 aromatic rings. The van der Waals surface area contributed by atoms with Crippen molar-refractivity contribution in [3.8, 4) is 0 Å². The summed E-state index contributed by atoms with van der Waals surface area (Å²) in [5.74, 6) is -7.83. The molecule has 0 spiro atoms. The van der Waals surface area contributed by atoms with E-state index in [0.29, 0.717) is 0 Å². The van der Waals surface area contributed by atoms with E-state index in [9.17, 15) is 57.5 Å². The van der Waals surface area contributed by atoms with E-state index in [1.165, 1.54) is 0 Å². The Hall–Kier alpha value is -1.37. The van der Waals surface area contributed by atoms with Gasteiger partial charge in [-0.05, 0) is 5.92 Å². The SMILES string of the molecule is CC(C)C(C(F)(F)F)(C(F)(F)F)C(C(=O)O)(C(F)(F)F)C(F)(F)F. The number of aliphatic carboxylic acids is 1. The molecule has 0 aliphatic rings. The zero-order valence-electron chi connectivity index (χ0n) is 11.5. The highest BCUT2D eigenvalue weighted by atomic mass is 19.4. The van der Waals surface area contributed by atoms with E-state index in [-0.39, 0.29) is 13.8 Å². The summed E-state index contributed by atoms with van der Waals surface area (Å²) < 4.78 is 156. The molecule has 0 fully saturated rings. The quantitative estimate of drug-likeness (QED) is 0.695. The van der Waals surface area contributed by atoms with Crippen molar-refractivity contribution in [2.24, 2.45) is 16.7 Å². The normalized spacial score (nSPS) is 15.8. The molecule has 24 heavy (non-hydrogen) atoms. The van der Waals surface area contributed by atoms with Crippen LogP contribution in [0.2, 0.25) is 0 Å². The van der Waals surface area contributed by atoms with E-state index in [4.69, 9.17) is 5.11 Å². The number of carbonyl (C=O) groups is 1. The molecule has 1 N–H and O–H groups in total. The summed E-state index contributed by atoms with van der Waals surface area (Å²) >= 11 is 0. The maximum Gasteiger partial charge on any atom is 0.415 e. The highest BCUT2D eigenvalue weighted by molar-refractivity contribution is 5.79. The Morgan fingerprint density at radius 2 is 0.917 bits per heavy atom. The predicted octanol–water partition coefficient (Wildman–Crippen LogP) is 4.95. The van der Waals surface area contributed by atoms with Crippen LogP contribution in [0.5, 0.6) is 0 Å². The van der Waals surface area contributed by atoms with Crippen molar-refractivity contribution < 1.29 is 62.6 Å². The molecule has 0 atom stereocenters. The number of hydrogen-bond acceptors (Lipinski definition) is 1. The lowest BCUT2D eigenvalue weighted by atomic mass is 9.55. The topological polar surface area (TPSA) is 37.3 Å².